The first-order valence-electron chi connectivity index (χ1n) is 13.0. The van der Waals surface area contributed by atoms with E-state index in [1.165, 1.54) is 18.2 Å². The lowest BCUT2D eigenvalue weighted by Gasteiger charge is -2.14. The molecule has 0 unspecified atom stereocenters. The molecule has 1 amide bonds. The zero-order valence-electron chi connectivity index (χ0n) is 21.8. The third-order valence-electron chi connectivity index (χ3n) is 6.95. The SMILES string of the molecule is O=C(O)c1ccc(CNC(=O)c2ccc(Nc3ccccc3)c3ccn(Cc4ccc5c(F)cccc5n4)c23)cc1. The number of carboxylic acid groups (broad SMARTS) is 1. The summed E-state index contributed by atoms with van der Waals surface area (Å²) in [5.74, 6) is -1.59. The average Bonchev–Trinajstić information content (AvgIpc) is 3.41. The van der Waals surface area contributed by atoms with Crippen LogP contribution in [0.25, 0.3) is 21.8 Å². The van der Waals surface area contributed by atoms with Crippen molar-refractivity contribution in [3.63, 3.8) is 0 Å². The van der Waals surface area contributed by atoms with Gasteiger partial charge in [-0.2, -0.15) is 0 Å². The maximum Gasteiger partial charge on any atom is 0.335 e. The predicted octanol–water partition coefficient (Wildman–Crippen LogP) is 6.75. The molecule has 6 rings (SSSR count). The van der Waals surface area contributed by atoms with Gasteiger partial charge in [0.1, 0.15) is 5.82 Å². The molecule has 3 N–H and O–H groups in total. The molecule has 0 aliphatic carbocycles. The van der Waals surface area contributed by atoms with Crippen molar-refractivity contribution in [2.24, 2.45) is 0 Å². The summed E-state index contributed by atoms with van der Waals surface area (Å²) in [5.41, 5.74) is 5.24. The van der Waals surface area contributed by atoms with Gasteiger partial charge in [-0.05, 0) is 72.3 Å². The number of aromatic nitrogens is 2. The standard InChI is InChI=1S/C33H25FN4O3/c34-28-7-4-8-29-25(28)14-13-24(37-29)20-38-18-17-26-30(36-23-5-2-1-3-6-23)16-15-27(31(26)38)32(39)35-19-21-9-11-22(12-10-21)33(40)41/h1-18,36H,19-20H2,(H,35,39)(H,40,41). The van der Waals surface area contributed by atoms with Crippen molar-refractivity contribution in [2.75, 3.05) is 5.32 Å². The van der Waals surface area contributed by atoms with Gasteiger partial charge in [-0.1, -0.05) is 36.4 Å². The second-order valence-corrected chi connectivity index (χ2v) is 9.65. The molecule has 0 aliphatic heterocycles. The number of para-hydroxylation sites is 1. The van der Waals surface area contributed by atoms with Crippen LogP contribution in [-0.4, -0.2) is 26.5 Å². The number of carbonyl (C=O) groups is 2. The van der Waals surface area contributed by atoms with Gasteiger partial charge < -0.3 is 20.3 Å². The molecule has 0 aliphatic rings. The number of benzene rings is 4. The molecule has 41 heavy (non-hydrogen) atoms. The van der Waals surface area contributed by atoms with E-state index < -0.39 is 5.97 Å². The molecular weight excluding hydrogens is 519 g/mol. The second kappa shape index (κ2) is 10.9. The van der Waals surface area contributed by atoms with Crippen molar-refractivity contribution in [3.05, 3.63) is 138 Å². The van der Waals surface area contributed by atoms with E-state index in [0.717, 1.165) is 33.5 Å². The minimum absolute atomic E-state index is 0.186. The van der Waals surface area contributed by atoms with Gasteiger partial charge in [0.05, 0.1) is 34.4 Å². The number of nitrogens with zero attached hydrogens (tertiary/aromatic N) is 2. The van der Waals surface area contributed by atoms with E-state index in [2.05, 4.69) is 15.6 Å². The number of halogens is 1. The van der Waals surface area contributed by atoms with Crippen LogP contribution in [-0.2, 0) is 13.1 Å². The van der Waals surface area contributed by atoms with Crippen LogP contribution in [0.3, 0.4) is 0 Å². The first-order valence-corrected chi connectivity index (χ1v) is 13.0. The zero-order chi connectivity index (χ0) is 28.3. The Bertz CT molecular complexity index is 1900. The van der Waals surface area contributed by atoms with E-state index in [0.29, 0.717) is 23.0 Å². The number of carboxylic acids is 1. The van der Waals surface area contributed by atoms with Gasteiger partial charge in [0.25, 0.3) is 5.91 Å². The number of fused-ring (bicyclic) bond motifs is 2. The summed E-state index contributed by atoms with van der Waals surface area (Å²) in [6, 6.07) is 30.2. The first-order chi connectivity index (χ1) is 20.0. The molecule has 8 heteroatoms. The number of aromatic carboxylic acids is 1. The number of amides is 1. The maximum absolute atomic E-state index is 14.2. The molecule has 0 fully saturated rings. The Morgan fingerprint density at radius 1 is 0.829 bits per heavy atom. The van der Waals surface area contributed by atoms with Crippen LogP contribution in [0.1, 0.15) is 32.0 Å². The molecule has 0 saturated heterocycles. The van der Waals surface area contributed by atoms with E-state index in [9.17, 15) is 14.0 Å². The Hall–Kier alpha value is -5.50. The summed E-state index contributed by atoms with van der Waals surface area (Å²) in [6.07, 6.45) is 1.92. The molecular formula is C33H25FN4O3. The van der Waals surface area contributed by atoms with Gasteiger partial charge in [-0.25, -0.2) is 9.18 Å². The Kier molecular flexibility index (Phi) is 6.87. The van der Waals surface area contributed by atoms with E-state index >= 15 is 0 Å². The first kappa shape index (κ1) is 25.8. The number of hydrogen-bond donors (Lipinski definition) is 3. The average molecular weight is 545 g/mol. The Labute approximate surface area is 234 Å². The third-order valence-corrected chi connectivity index (χ3v) is 6.95. The quantitative estimate of drug-likeness (QED) is 0.197. The molecule has 0 atom stereocenters. The number of rotatable bonds is 8. The lowest BCUT2D eigenvalue weighted by molar-refractivity contribution is 0.0696. The summed E-state index contributed by atoms with van der Waals surface area (Å²) >= 11 is 0. The van der Waals surface area contributed by atoms with Gasteiger partial charge in [-0.15, -0.1) is 0 Å². The van der Waals surface area contributed by atoms with Crippen LogP contribution in [0, 0.1) is 5.82 Å². The summed E-state index contributed by atoms with van der Waals surface area (Å²) in [4.78, 5) is 29.3. The van der Waals surface area contributed by atoms with Gasteiger partial charge >= 0.3 is 5.97 Å². The van der Waals surface area contributed by atoms with Crippen molar-refractivity contribution in [1.82, 2.24) is 14.9 Å². The molecule has 7 nitrogen and oxygen atoms in total. The van der Waals surface area contributed by atoms with Gasteiger partial charge in [0, 0.05) is 34.9 Å². The molecule has 0 saturated carbocycles. The fraction of sp³-hybridized carbons (Fsp3) is 0.0606. The highest BCUT2D eigenvalue weighted by Gasteiger charge is 2.17. The minimum Gasteiger partial charge on any atom is -0.478 e. The van der Waals surface area contributed by atoms with Crippen LogP contribution in [0.4, 0.5) is 15.8 Å². The van der Waals surface area contributed by atoms with Crippen LogP contribution >= 0.6 is 0 Å². The van der Waals surface area contributed by atoms with Gasteiger partial charge in [-0.3, -0.25) is 9.78 Å². The summed E-state index contributed by atoms with van der Waals surface area (Å²) in [6.45, 7) is 0.615. The predicted molar refractivity (Wildman–Crippen MR) is 157 cm³/mol. The molecule has 2 aromatic heterocycles. The van der Waals surface area contributed by atoms with Crippen LogP contribution in [0.2, 0.25) is 0 Å². The van der Waals surface area contributed by atoms with Crippen LogP contribution in [0.15, 0.2) is 109 Å². The van der Waals surface area contributed by atoms with Crippen molar-refractivity contribution >= 4 is 45.1 Å². The zero-order valence-corrected chi connectivity index (χ0v) is 21.8. The minimum atomic E-state index is -1.00. The maximum atomic E-state index is 14.2. The lowest BCUT2D eigenvalue weighted by Crippen LogP contribution is -2.23. The lowest BCUT2D eigenvalue weighted by atomic mass is 10.1. The molecule has 202 valence electrons. The van der Waals surface area contributed by atoms with E-state index in [1.807, 2.05) is 53.2 Å². The molecule has 0 spiro atoms. The van der Waals surface area contributed by atoms with Crippen LogP contribution in [0.5, 0.6) is 0 Å². The highest BCUT2D eigenvalue weighted by Crippen LogP contribution is 2.31. The van der Waals surface area contributed by atoms with Gasteiger partial charge in [0.15, 0.2) is 0 Å². The van der Waals surface area contributed by atoms with Crippen molar-refractivity contribution in [1.29, 1.82) is 0 Å². The topological polar surface area (TPSA) is 96.3 Å². The van der Waals surface area contributed by atoms with E-state index in [-0.39, 0.29) is 23.8 Å². The summed E-state index contributed by atoms with van der Waals surface area (Å²) < 4.78 is 16.2. The van der Waals surface area contributed by atoms with E-state index in [1.54, 1.807) is 42.5 Å². The fourth-order valence-corrected chi connectivity index (χ4v) is 4.89. The smallest absolute Gasteiger partial charge is 0.335 e. The Morgan fingerprint density at radius 2 is 1.63 bits per heavy atom. The third kappa shape index (κ3) is 5.35. The number of anilines is 2. The summed E-state index contributed by atoms with van der Waals surface area (Å²) in [5, 5.41) is 16.9. The molecule has 6 aromatic rings. The van der Waals surface area contributed by atoms with Crippen molar-refractivity contribution in [3.8, 4) is 0 Å². The van der Waals surface area contributed by atoms with E-state index in [4.69, 9.17) is 5.11 Å². The summed E-state index contributed by atoms with van der Waals surface area (Å²) in [7, 11) is 0. The fourth-order valence-electron chi connectivity index (χ4n) is 4.89. The molecule has 0 bridgehead atoms. The number of hydrogen-bond acceptors (Lipinski definition) is 4. The largest absolute Gasteiger partial charge is 0.478 e. The Morgan fingerprint density at radius 3 is 2.41 bits per heavy atom. The van der Waals surface area contributed by atoms with Crippen molar-refractivity contribution in [2.45, 2.75) is 13.1 Å². The van der Waals surface area contributed by atoms with Gasteiger partial charge in [0.2, 0.25) is 0 Å². The van der Waals surface area contributed by atoms with Crippen LogP contribution < -0.4 is 10.6 Å². The Balaban J connectivity index is 1.35. The highest BCUT2D eigenvalue weighted by molar-refractivity contribution is 6.09. The number of nitrogens with one attached hydrogen (secondary N) is 2. The highest BCUT2D eigenvalue weighted by atomic mass is 19.1. The normalized spacial score (nSPS) is 11.0. The second-order valence-electron chi connectivity index (χ2n) is 9.65. The monoisotopic (exact) mass is 544 g/mol. The number of carbonyl (C=O) groups excluding carboxylic acids is 1. The molecule has 2 heterocycles. The number of pyridine rings is 1. The van der Waals surface area contributed by atoms with Crippen molar-refractivity contribution < 1.29 is 19.1 Å². The molecule has 0 radical (unpaired) electrons. The molecule has 4 aromatic carbocycles.